The summed E-state index contributed by atoms with van der Waals surface area (Å²) in [5.74, 6) is 0.360. The van der Waals surface area contributed by atoms with Crippen molar-refractivity contribution in [3.63, 3.8) is 0 Å². The van der Waals surface area contributed by atoms with Gasteiger partial charge in [0.1, 0.15) is 5.78 Å². The van der Waals surface area contributed by atoms with E-state index in [1.54, 1.807) is 6.92 Å². The Bertz CT molecular complexity index is 382. The topological polar surface area (TPSA) is 17.1 Å². The van der Waals surface area contributed by atoms with Crippen LogP contribution in [0.3, 0.4) is 0 Å². The first-order chi connectivity index (χ1) is 8.50. The Balaban J connectivity index is 2.91. The van der Waals surface area contributed by atoms with Gasteiger partial charge in [0.15, 0.2) is 0 Å². The van der Waals surface area contributed by atoms with Crippen molar-refractivity contribution in [2.45, 2.75) is 59.8 Å². The lowest BCUT2D eigenvalue weighted by molar-refractivity contribution is -0.119. The highest BCUT2D eigenvalue weighted by atomic mass is 16.1. The number of hydrogen-bond donors (Lipinski definition) is 0. The van der Waals surface area contributed by atoms with Crippen molar-refractivity contribution in [3.05, 3.63) is 34.9 Å². The summed E-state index contributed by atoms with van der Waals surface area (Å²) in [6.45, 7) is 8.18. The summed E-state index contributed by atoms with van der Waals surface area (Å²) in [5, 5.41) is 0. The molecule has 0 aromatic carbocycles. The van der Waals surface area contributed by atoms with Crippen LogP contribution in [0.1, 0.15) is 59.8 Å². The Morgan fingerprint density at radius 3 is 2.28 bits per heavy atom. The molecular weight excluding hydrogens is 220 g/mol. The maximum atomic E-state index is 11.7. The lowest BCUT2D eigenvalue weighted by atomic mass is 9.90. The van der Waals surface area contributed by atoms with Crippen LogP contribution in [0.25, 0.3) is 0 Å². The Morgan fingerprint density at radius 1 is 1.06 bits per heavy atom. The van der Waals surface area contributed by atoms with Crippen LogP contribution in [0.15, 0.2) is 34.9 Å². The first-order valence-electron chi connectivity index (χ1n) is 6.99. The van der Waals surface area contributed by atoms with Crippen LogP contribution in [-0.2, 0) is 4.79 Å². The molecule has 1 aliphatic carbocycles. The van der Waals surface area contributed by atoms with Crippen LogP contribution >= 0.6 is 0 Å². The summed E-state index contributed by atoms with van der Waals surface area (Å²) in [6.07, 6.45) is 12.1. The zero-order chi connectivity index (χ0) is 13.5. The van der Waals surface area contributed by atoms with Gasteiger partial charge in [-0.15, -0.1) is 0 Å². The fraction of sp³-hybridized carbons (Fsp3) is 0.588. The second-order valence-corrected chi connectivity index (χ2v) is 5.54. The molecule has 0 aromatic heterocycles. The second kappa shape index (κ2) is 7.35. The van der Waals surface area contributed by atoms with Gasteiger partial charge in [0.2, 0.25) is 0 Å². The van der Waals surface area contributed by atoms with E-state index in [4.69, 9.17) is 0 Å². The summed E-state index contributed by atoms with van der Waals surface area (Å²) < 4.78 is 0. The first-order valence-corrected chi connectivity index (χ1v) is 6.99. The highest BCUT2D eigenvalue weighted by molar-refractivity contribution is 5.81. The minimum Gasteiger partial charge on any atom is -0.299 e. The van der Waals surface area contributed by atoms with Gasteiger partial charge in [0.05, 0.1) is 0 Å². The van der Waals surface area contributed by atoms with E-state index in [9.17, 15) is 4.79 Å². The van der Waals surface area contributed by atoms with E-state index in [-0.39, 0.29) is 11.7 Å². The van der Waals surface area contributed by atoms with Crippen molar-refractivity contribution in [1.29, 1.82) is 0 Å². The van der Waals surface area contributed by atoms with E-state index in [0.29, 0.717) is 0 Å². The Kier molecular flexibility index (Phi) is 6.11. The smallest absolute Gasteiger partial charge is 0.137 e. The molecule has 0 saturated carbocycles. The van der Waals surface area contributed by atoms with Gasteiger partial charge in [-0.1, -0.05) is 34.9 Å². The van der Waals surface area contributed by atoms with Crippen LogP contribution in [0.2, 0.25) is 0 Å². The summed E-state index contributed by atoms with van der Waals surface area (Å²) in [5.41, 5.74) is 4.10. The SMILES string of the molecule is CC(=O)C1C/C=C(\C)CCC/C(C)=C\C/C=C\1C. The molecule has 0 fully saturated rings. The van der Waals surface area contributed by atoms with E-state index < -0.39 is 0 Å². The van der Waals surface area contributed by atoms with E-state index >= 15 is 0 Å². The van der Waals surface area contributed by atoms with Gasteiger partial charge in [-0.25, -0.2) is 0 Å². The lowest BCUT2D eigenvalue weighted by Crippen LogP contribution is -2.11. The minimum atomic E-state index is 0.0769. The maximum absolute atomic E-state index is 11.7. The molecule has 0 heterocycles. The second-order valence-electron chi connectivity index (χ2n) is 5.54. The Morgan fingerprint density at radius 2 is 1.67 bits per heavy atom. The molecule has 0 aliphatic heterocycles. The first kappa shape index (κ1) is 14.9. The summed E-state index contributed by atoms with van der Waals surface area (Å²) >= 11 is 0. The van der Waals surface area contributed by atoms with Crippen LogP contribution in [0.5, 0.6) is 0 Å². The maximum Gasteiger partial charge on any atom is 0.137 e. The molecule has 0 N–H and O–H groups in total. The molecule has 0 saturated heterocycles. The third-order valence-electron chi connectivity index (χ3n) is 3.79. The summed E-state index contributed by atoms with van der Waals surface area (Å²) in [7, 11) is 0. The number of carbonyl (C=O) groups is 1. The van der Waals surface area contributed by atoms with Crippen molar-refractivity contribution < 1.29 is 4.79 Å². The van der Waals surface area contributed by atoms with Gasteiger partial charge in [-0.3, -0.25) is 4.79 Å². The fourth-order valence-corrected chi connectivity index (χ4v) is 2.43. The molecule has 1 atom stereocenters. The largest absolute Gasteiger partial charge is 0.299 e. The third kappa shape index (κ3) is 5.03. The van der Waals surface area contributed by atoms with E-state index in [2.05, 4.69) is 39.0 Å². The lowest BCUT2D eigenvalue weighted by Gasteiger charge is -2.14. The Labute approximate surface area is 112 Å². The predicted octanol–water partition coefficient (Wildman–Crippen LogP) is 4.99. The van der Waals surface area contributed by atoms with Crippen LogP contribution in [0.4, 0.5) is 0 Å². The molecule has 0 amide bonds. The average molecular weight is 246 g/mol. The molecular formula is C17H26O. The average Bonchev–Trinajstić information content (AvgIpc) is 2.27. The van der Waals surface area contributed by atoms with Gasteiger partial charge < -0.3 is 0 Å². The molecule has 1 aliphatic rings. The van der Waals surface area contributed by atoms with Gasteiger partial charge in [0.25, 0.3) is 0 Å². The number of rotatable bonds is 1. The van der Waals surface area contributed by atoms with Crippen molar-refractivity contribution in [2.24, 2.45) is 5.92 Å². The highest BCUT2D eigenvalue weighted by Gasteiger charge is 2.14. The quantitative estimate of drug-likeness (QED) is 0.595. The van der Waals surface area contributed by atoms with Crippen molar-refractivity contribution in [1.82, 2.24) is 0 Å². The molecule has 1 nitrogen and oxygen atoms in total. The summed E-state index contributed by atoms with van der Waals surface area (Å²) in [6, 6.07) is 0. The molecule has 1 unspecified atom stereocenters. The van der Waals surface area contributed by atoms with E-state index in [1.807, 2.05) is 0 Å². The molecule has 0 spiro atoms. The highest BCUT2D eigenvalue weighted by Crippen LogP contribution is 2.21. The number of allylic oxidation sites excluding steroid dienone is 6. The Hall–Kier alpha value is -1.11. The van der Waals surface area contributed by atoms with Gasteiger partial charge in [-0.05, 0) is 59.8 Å². The van der Waals surface area contributed by atoms with Gasteiger partial charge in [-0.2, -0.15) is 0 Å². The zero-order valence-corrected chi connectivity index (χ0v) is 12.3. The van der Waals surface area contributed by atoms with Crippen LogP contribution in [-0.4, -0.2) is 5.78 Å². The fourth-order valence-electron chi connectivity index (χ4n) is 2.43. The summed E-state index contributed by atoms with van der Waals surface area (Å²) in [4.78, 5) is 11.7. The zero-order valence-electron chi connectivity index (χ0n) is 12.3. The molecule has 0 aromatic rings. The number of carbonyl (C=O) groups excluding carboxylic acids is 1. The number of Topliss-reactive ketones (excluding diaryl/α,β-unsaturated/α-hetero) is 1. The predicted molar refractivity (Wildman–Crippen MR) is 78.5 cm³/mol. The molecule has 0 bridgehead atoms. The van der Waals surface area contributed by atoms with Crippen molar-refractivity contribution in [2.75, 3.05) is 0 Å². The molecule has 1 heteroatoms. The van der Waals surface area contributed by atoms with Crippen LogP contribution in [0, 0.1) is 5.92 Å². The molecule has 1 rings (SSSR count). The van der Waals surface area contributed by atoms with Gasteiger partial charge in [0, 0.05) is 5.92 Å². The van der Waals surface area contributed by atoms with Crippen LogP contribution < -0.4 is 0 Å². The molecule has 100 valence electrons. The molecule has 18 heavy (non-hydrogen) atoms. The molecule has 0 radical (unpaired) electrons. The van der Waals surface area contributed by atoms with E-state index in [0.717, 1.165) is 19.3 Å². The number of hydrogen-bond acceptors (Lipinski definition) is 1. The van der Waals surface area contributed by atoms with E-state index in [1.165, 1.54) is 29.6 Å². The standard InChI is InChI=1S/C17H26O/c1-13-7-5-8-14(2)11-12-17(16(4)18)15(3)10-6-9-13/h9-11,17H,5-8,12H2,1-4H3/b13-9-,14-11+,15-10-. The van der Waals surface area contributed by atoms with Gasteiger partial charge >= 0.3 is 0 Å². The van der Waals surface area contributed by atoms with Crippen molar-refractivity contribution >= 4 is 5.78 Å². The third-order valence-corrected chi connectivity index (χ3v) is 3.79. The minimum absolute atomic E-state index is 0.0769. The van der Waals surface area contributed by atoms with Crippen molar-refractivity contribution in [3.8, 4) is 0 Å². The monoisotopic (exact) mass is 246 g/mol. The number of ketones is 1. The normalized spacial score (nSPS) is 31.8.